The Morgan fingerprint density at radius 2 is 1.00 bits per heavy atom. The third-order valence-electron chi connectivity index (χ3n) is 0. The molecule has 0 saturated carbocycles. The summed E-state index contributed by atoms with van der Waals surface area (Å²) in [5.74, 6) is 0. The van der Waals surface area contributed by atoms with Crippen molar-refractivity contribution in [3.8, 4) is 0 Å². The predicted molar refractivity (Wildman–Crippen MR) is 32.8 cm³/mol. The Bertz CT molecular complexity index is 161. The molecule has 0 aliphatic heterocycles. The van der Waals surface area contributed by atoms with Crippen LogP contribution in [0.15, 0.2) is 0 Å². The topological polar surface area (TPSA) is 219 Å². The van der Waals surface area contributed by atoms with Crippen molar-refractivity contribution < 1.29 is 64.4 Å². The third-order valence-corrected chi connectivity index (χ3v) is 0. The van der Waals surface area contributed by atoms with Crippen molar-refractivity contribution in [3.05, 3.63) is 15.3 Å². The molecule has 0 atom stereocenters. The van der Waals surface area contributed by atoms with Gasteiger partial charge < -0.3 is 36.7 Å². The molecule has 0 amide bonds. The molecule has 0 aliphatic carbocycles. The quantitative estimate of drug-likeness (QED) is 0.247. The van der Waals surface area contributed by atoms with Crippen molar-refractivity contribution in [2.24, 2.45) is 0 Å². The van der Waals surface area contributed by atoms with Gasteiger partial charge in [0.1, 0.15) is 0 Å². The standard InChI is InChI=1S/Ce.NO3.2H3N.H2O4S/c;2-1(3)4;;;1-5(2,3)4/h;;2*1H3;(H2,1,2,3,4)/q;-1;;;. The number of rotatable bonds is 0. The molecule has 0 rings (SSSR count). The van der Waals surface area contributed by atoms with Gasteiger partial charge in [0.05, 0.1) is 5.09 Å². The van der Waals surface area contributed by atoms with Gasteiger partial charge >= 0.3 is 0 Å². The predicted octanol–water partition coefficient (Wildman–Crippen LogP) is -0.825. The molecule has 0 spiro atoms. The first-order valence-corrected chi connectivity index (χ1v) is 2.55. The third kappa shape index (κ3) is 6770. The second-order valence-electron chi connectivity index (χ2n) is 0.632. The summed E-state index contributed by atoms with van der Waals surface area (Å²) >= 11 is 0. The van der Waals surface area contributed by atoms with E-state index in [4.69, 9.17) is 32.8 Å². The zero-order valence-electron chi connectivity index (χ0n) is 6.21. The maximum absolute atomic E-state index is 8.52. The van der Waals surface area contributed by atoms with Crippen molar-refractivity contribution in [1.29, 1.82) is 0 Å². The molecule has 0 unspecified atom stereocenters. The summed E-state index contributed by atoms with van der Waals surface area (Å²) in [5, 5.41) is 14.8. The first-order valence-electron chi connectivity index (χ1n) is 1.21. The van der Waals surface area contributed by atoms with E-state index >= 15 is 0 Å². The SMILES string of the molecule is O=S(=O)([O-])[O-].O=[N+]([O-])[O-].[Ce].[NH4+].[NH4+]. The van der Waals surface area contributed by atoms with Gasteiger partial charge in [0.2, 0.25) is 0 Å². The van der Waals surface area contributed by atoms with Crippen LogP contribution in [0, 0.1) is 57.1 Å². The summed E-state index contributed by atoms with van der Waals surface area (Å²) in [5.41, 5.74) is 0. The van der Waals surface area contributed by atoms with Crippen LogP contribution in [-0.4, -0.2) is 22.6 Å². The van der Waals surface area contributed by atoms with E-state index in [9.17, 15) is 0 Å². The van der Waals surface area contributed by atoms with Gasteiger partial charge in [-0.25, -0.2) is 0 Å². The summed E-state index contributed by atoms with van der Waals surface area (Å²) in [4.78, 5) is 8.25. The molecule has 12 heavy (non-hydrogen) atoms. The number of quaternary nitrogens is 2. The molecule has 0 radical (unpaired) electrons. The number of nitrogens with zero attached hydrogens (tertiary/aromatic N) is 1. The molecule has 0 aliphatic rings. The van der Waals surface area contributed by atoms with Crippen molar-refractivity contribution in [1.82, 2.24) is 12.3 Å². The fourth-order valence-electron chi connectivity index (χ4n) is 0. The second kappa shape index (κ2) is 13.9. The Morgan fingerprint density at radius 1 is 1.00 bits per heavy atom. The Labute approximate surface area is 102 Å². The van der Waals surface area contributed by atoms with Crippen LogP contribution in [0.5, 0.6) is 0 Å². The molecule has 0 heterocycles. The van der Waals surface area contributed by atoms with Crippen molar-refractivity contribution >= 4 is 10.4 Å². The van der Waals surface area contributed by atoms with E-state index in [2.05, 4.69) is 0 Å². The molecular weight excluding hydrogens is 326 g/mol. The van der Waals surface area contributed by atoms with Crippen LogP contribution in [0.1, 0.15) is 0 Å². The van der Waals surface area contributed by atoms with Gasteiger partial charge in [0.15, 0.2) is 0 Å². The van der Waals surface area contributed by atoms with Crippen molar-refractivity contribution in [2.75, 3.05) is 0 Å². The summed E-state index contributed by atoms with van der Waals surface area (Å²) in [6.45, 7) is 0. The van der Waals surface area contributed by atoms with E-state index < -0.39 is 15.5 Å². The molecule has 8 N–H and O–H groups in total. The summed E-state index contributed by atoms with van der Waals surface area (Å²) in [6, 6.07) is 0. The van der Waals surface area contributed by atoms with Gasteiger partial charge in [-0.15, -0.1) is 0 Å². The monoisotopic (exact) mass is 334 g/mol. The molecule has 0 aromatic carbocycles. The summed E-state index contributed by atoms with van der Waals surface area (Å²) < 4.78 is 34.1. The average Bonchev–Trinajstić information content (AvgIpc) is 1.19. The number of hydrogen-bond donors (Lipinski definition) is 2. The maximum Gasteiger partial charge on any atom is 0.0689 e. The zero-order chi connectivity index (χ0) is 8.08. The summed E-state index contributed by atoms with van der Waals surface area (Å²) in [7, 11) is -5.17. The molecule has 0 saturated heterocycles. The van der Waals surface area contributed by atoms with E-state index in [1.807, 2.05) is 0 Å². The molecule has 0 aromatic rings. The van der Waals surface area contributed by atoms with Crippen LogP contribution < -0.4 is 12.3 Å². The average molecular weight is 334 g/mol. The van der Waals surface area contributed by atoms with Gasteiger partial charge in [0.25, 0.3) is 0 Å². The van der Waals surface area contributed by atoms with Crippen molar-refractivity contribution in [2.45, 2.75) is 0 Å². The molecule has 0 aromatic heterocycles. The van der Waals surface area contributed by atoms with Gasteiger partial charge in [-0.3, -0.25) is 8.42 Å². The summed E-state index contributed by atoms with van der Waals surface area (Å²) in [6.07, 6.45) is 0. The minimum absolute atomic E-state index is 0. The Balaban J connectivity index is -0.0000000221. The first kappa shape index (κ1) is 29.4. The van der Waals surface area contributed by atoms with Crippen LogP contribution in [0.4, 0.5) is 0 Å². The molecule has 12 heteroatoms. The van der Waals surface area contributed by atoms with Gasteiger partial charge in [0, 0.05) is 52.1 Å². The van der Waals surface area contributed by atoms with Crippen LogP contribution >= 0.6 is 0 Å². The fraction of sp³-hybridized carbons (Fsp3) is 0. The first-order chi connectivity index (χ1) is 3.73. The zero-order valence-corrected chi connectivity index (χ0v) is 10.2. The fourth-order valence-corrected chi connectivity index (χ4v) is 0. The Kier molecular flexibility index (Phi) is 34.2. The van der Waals surface area contributed by atoms with E-state index in [0.717, 1.165) is 0 Å². The van der Waals surface area contributed by atoms with Crippen LogP contribution in [-0.2, 0) is 10.4 Å². The van der Waals surface area contributed by atoms with Crippen LogP contribution in [0.2, 0.25) is 0 Å². The van der Waals surface area contributed by atoms with Crippen molar-refractivity contribution in [3.63, 3.8) is 0 Å². The molecule has 0 bridgehead atoms. The van der Waals surface area contributed by atoms with Gasteiger partial charge in [-0.05, 0) is 0 Å². The smallest absolute Gasteiger partial charge is 0.0689 e. The van der Waals surface area contributed by atoms with Crippen LogP contribution in [0.3, 0.4) is 0 Å². The van der Waals surface area contributed by atoms with Gasteiger partial charge in [-0.1, -0.05) is 0 Å². The molecule has 10 nitrogen and oxygen atoms in total. The maximum atomic E-state index is 8.52. The minimum atomic E-state index is -5.17. The Morgan fingerprint density at radius 3 is 1.00 bits per heavy atom. The van der Waals surface area contributed by atoms with Crippen LogP contribution in [0.25, 0.3) is 0 Å². The van der Waals surface area contributed by atoms with E-state index in [1.165, 1.54) is 0 Å². The number of hydrogen-bond acceptors (Lipinski definition) is 7. The minimum Gasteiger partial charge on any atom is -0.759 e. The van der Waals surface area contributed by atoms with E-state index in [-0.39, 0.29) is 54.0 Å². The van der Waals surface area contributed by atoms with E-state index in [1.54, 1.807) is 0 Å². The van der Waals surface area contributed by atoms with E-state index in [0.29, 0.717) is 0 Å². The normalized spacial score (nSPS) is 6.83. The molecule has 76 valence electrons. The molecule has 0 fully saturated rings. The van der Waals surface area contributed by atoms with Gasteiger partial charge in [-0.2, -0.15) is 0 Å². The second-order valence-corrected chi connectivity index (χ2v) is 1.45. The largest absolute Gasteiger partial charge is 0.759 e. The molecular formula is H8CeN3O7S-. The Hall–Kier alpha value is 0.367.